The molecular weight excluding hydrogens is 438 g/mol. The predicted octanol–water partition coefficient (Wildman–Crippen LogP) is 1.47. The highest BCUT2D eigenvalue weighted by molar-refractivity contribution is 5.98. The van der Waals surface area contributed by atoms with Crippen LogP contribution in [-0.4, -0.2) is 53.5 Å². The first-order chi connectivity index (χ1) is 15.9. The van der Waals surface area contributed by atoms with Crippen molar-refractivity contribution in [3.63, 3.8) is 0 Å². The molecule has 10 heteroatoms. The van der Waals surface area contributed by atoms with E-state index in [2.05, 4.69) is 4.98 Å². The van der Waals surface area contributed by atoms with Crippen LogP contribution in [0.25, 0.3) is 0 Å². The number of likely N-dealkylation sites (N-methyl/N-ethyl adjacent to an activating group) is 1. The van der Waals surface area contributed by atoms with Crippen LogP contribution >= 0.6 is 0 Å². The number of nitrogens with one attached hydrogen (secondary N) is 1. The van der Waals surface area contributed by atoms with Gasteiger partial charge < -0.3 is 20.3 Å². The quantitative estimate of drug-likeness (QED) is 0.537. The third-order valence-electron chi connectivity index (χ3n) is 5.17. The first-order valence-corrected chi connectivity index (χ1v) is 11.2. The molecule has 0 saturated heterocycles. The zero-order chi connectivity index (χ0) is 25.6. The molecule has 0 unspecified atom stereocenters. The highest BCUT2D eigenvalue weighted by atomic mass is 16.5. The van der Waals surface area contributed by atoms with E-state index >= 15 is 0 Å². The van der Waals surface area contributed by atoms with Gasteiger partial charge in [0.1, 0.15) is 11.6 Å². The Morgan fingerprint density at radius 1 is 1.12 bits per heavy atom. The Bertz CT molecular complexity index is 1140. The molecule has 2 aromatic rings. The number of ether oxygens (including phenoxy) is 1. The molecule has 2 amide bonds. The van der Waals surface area contributed by atoms with E-state index in [0.717, 1.165) is 5.56 Å². The maximum Gasteiger partial charge on any atom is 0.330 e. The molecule has 3 N–H and O–H groups in total. The van der Waals surface area contributed by atoms with Crippen LogP contribution < -0.4 is 26.6 Å². The third-order valence-corrected chi connectivity index (χ3v) is 5.17. The number of carbonyl (C=O) groups excluding carboxylic acids is 2. The van der Waals surface area contributed by atoms with Crippen LogP contribution in [0, 0.1) is 11.8 Å². The van der Waals surface area contributed by atoms with Crippen LogP contribution in [0.1, 0.15) is 33.3 Å². The van der Waals surface area contributed by atoms with Gasteiger partial charge >= 0.3 is 5.69 Å². The molecule has 0 atom stereocenters. The molecule has 0 saturated carbocycles. The molecule has 34 heavy (non-hydrogen) atoms. The lowest BCUT2D eigenvalue weighted by molar-refractivity contribution is -0.133. The normalized spacial score (nSPS) is 11.1. The number of carbonyl (C=O) groups is 2. The van der Waals surface area contributed by atoms with Crippen molar-refractivity contribution in [2.24, 2.45) is 11.8 Å². The lowest BCUT2D eigenvalue weighted by atomic mass is 10.1. The smallest absolute Gasteiger partial charge is 0.330 e. The minimum Gasteiger partial charge on any atom is -0.497 e. The maximum atomic E-state index is 13.3. The summed E-state index contributed by atoms with van der Waals surface area (Å²) in [6.07, 6.45) is 0.0904. The van der Waals surface area contributed by atoms with Crippen LogP contribution in [0.15, 0.2) is 33.9 Å². The second-order valence-electron chi connectivity index (χ2n) is 9.17. The summed E-state index contributed by atoms with van der Waals surface area (Å²) in [4.78, 5) is 55.9. The fourth-order valence-electron chi connectivity index (χ4n) is 3.54. The number of hydrogen-bond acceptors (Lipinski definition) is 6. The van der Waals surface area contributed by atoms with Crippen molar-refractivity contribution in [1.29, 1.82) is 0 Å². The number of nitrogens with zero attached hydrogens (tertiary/aromatic N) is 3. The lowest BCUT2D eigenvalue weighted by Crippen LogP contribution is -2.47. The Morgan fingerprint density at radius 2 is 1.79 bits per heavy atom. The molecule has 10 nitrogen and oxygen atoms in total. The van der Waals surface area contributed by atoms with E-state index in [0.29, 0.717) is 5.75 Å². The minimum atomic E-state index is -0.734. The van der Waals surface area contributed by atoms with Gasteiger partial charge in [0.25, 0.3) is 5.56 Å². The van der Waals surface area contributed by atoms with Gasteiger partial charge in [0.05, 0.1) is 20.1 Å². The molecule has 1 heterocycles. The van der Waals surface area contributed by atoms with Gasteiger partial charge in [-0.25, -0.2) is 4.79 Å². The summed E-state index contributed by atoms with van der Waals surface area (Å²) < 4.78 is 6.45. The maximum absolute atomic E-state index is 13.3. The van der Waals surface area contributed by atoms with E-state index in [-0.39, 0.29) is 55.3 Å². The lowest BCUT2D eigenvalue weighted by Gasteiger charge is -2.28. The number of anilines is 2. The van der Waals surface area contributed by atoms with E-state index < -0.39 is 17.2 Å². The topological polar surface area (TPSA) is 131 Å². The number of benzene rings is 1. The summed E-state index contributed by atoms with van der Waals surface area (Å²) in [6, 6.07) is 7.14. The Morgan fingerprint density at radius 3 is 2.38 bits per heavy atom. The van der Waals surface area contributed by atoms with Gasteiger partial charge in [-0.15, -0.1) is 0 Å². The van der Waals surface area contributed by atoms with Gasteiger partial charge in [0.15, 0.2) is 5.69 Å². The summed E-state index contributed by atoms with van der Waals surface area (Å²) in [5.74, 6) is -0.0700. The first kappa shape index (κ1) is 26.7. The Labute approximate surface area is 199 Å². The molecule has 186 valence electrons. The van der Waals surface area contributed by atoms with Crippen molar-refractivity contribution in [1.82, 2.24) is 14.5 Å². The molecule has 0 radical (unpaired) electrons. The van der Waals surface area contributed by atoms with E-state index in [1.807, 2.05) is 27.7 Å². The number of rotatable bonds is 10. The third kappa shape index (κ3) is 6.72. The Hall–Kier alpha value is -3.56. The molecule has 0 aliphatic heterocycles. The first-order valence-electron chi connectivity index (χ1n) is 11.2. The molecule has 0 aliphatic carbocycles. The predicted molar refractivity (Wildman–Crippen MR) is 132 cm³/mol. The van der Waals surface area contributed by atoms with Crippen molar-refractivity contribution >= 4 is 23.3 Å². The Balaban J connectivity index is 2.31. The highest BCUT2D eigenvalue weighted by Gasteiger charge is 2.27. The van der Waals surface area contributed by atoms with Gasteiger partial charge in [-0.3, -0.25) is 23.9 Å². The molecule has 1 aromatic carbocycles. The number of amides is 2. The minimum absolute atomic E-state index is 0.00557. The monoisotopic (exact) mass is 473 g/mol. The number of aromatic amines is 1. The summed E-state index contributed by atoms with van der Waals surface area (Å²) in [5.41, 5.74) is 5.54. The van der Waals surface area contributed by atoms with Crippen molar-refractivity contribution < 1.29 is 14.3 Å². The van der Waals surface area contributed by atoms with Crippen molar-refractivity contribution in [2.45, 2.75) is 40.7 Å². The molecule has 0 fully saturated rings. The molecule has 0 aliphatic rings. The summed E-state index contributed by atoms with van der Waals surface area (Å²) in [7, 11) is 3.08. The summed E-state index contributed by atoms with van der Waals surface area (Å²) in [6.45, 7) is 7.85. The highest BCUT2D eigenvalue weighted by Crippen LogP contribution is 2.20. The summed E-state index contributed by atoms with van der Waals surface area (Å²) >= 11 is 0. The molecule has 1 aromatic heterocycles. The largest absolute Gasteiger partial charge is 0.497 e. The van der Waals surface area contributed by atoms with E-state index in [1.165, 1.54) is 21.4 Å². The number of aromatic nitrogens is 2. The van der Waals surface area contributed by atoms with Gasteiger partial charge in [0, 0.05) is 20.1 Å². The second-order valence-corrected chi connectivity index (χ2v) is 9.17. The van der Waals surface area contributed by atoms with E-state index in [4.69, 9.17) is 10.5 Å². The van der Waals surface area contributed by atoms with Crippen LogP contribution in [0.5, 0.6) is 5.75 Å². The SMILES string of the molecule is COc1cccc(CC(=O)N(C)CC(=O)N(CC(C)C)c2c(N)n(CC(C)C)c(=O)[nH]c2=O)c1. The molecule has 2 rings (SSSR count). The number of nitrogens with two attached hydrogens (primary N) is 1. The van der Waals surface area contributed by atoms with Crippen LogP contribution in [0.2, 0.25) is 0 Å². The van der Waals surface area contributed by atoms with Gasteiger partial charge in [0.2, 0.25) is 11.8 Å². The van der Waals surface area contributed by atoms with Gasteiger partial charge in [-0.05, 0) is 29.5 Å². The van der Waals surface area contributed by atoms with E-state index in [9.17, 15) is 19.2 Å². The molecule has 0 spiro atoms. The van der Waals surface area contributed by atoms with Crippen molar-refractivity contribution in [2.75, 3.05) is 37.9 Å². The summed E-state index contributed by atoms with van der Waals surface area (Å²) in [5, 5.41) is 0. The fourth-order valence-corrected chi connectivity index (χ4v) is 3.54. The van der Waals surface area contributed by atoms with Crippen LogP contribution in [0.3, 0.4) is 0 Å². The second kappa shape index (κ2) is 11.5. The average Bonchev–Trinajstić information content (AvgIpc) is 2.75. The van der Waals surface area contributed by atoms with E-state index in [1.54, 1.807) is 31.4 Å². The number of nitrogen functional groups attached to an aromatic ring is 1. The number of hydrogen-bond donors (Lipinski definition) is 2. The standard InChI is InChI=1S/C24H35N5O5/c1-15(2)12-28(21-22(25)29(13-16(3)4)24(33)26-23(21)32)20(31)14-27(5)19(30)11-17-8-7-9-18(10-17)34-6/h7-10,15-16H,11-14,25H2,1-6H3,(H,26,32,33). The Kier molecular flexibility index (Phi) is 9.05. The average molecular weight is 474 g/mol. The number of methoxy groups -OCH3 is 1. The van der Waals surface area contributed by atoms with Gasteiger partial charge in [-0.2, -0.15) is 0 Å². The molecular formula is C24H35N5O5. The van der Waals surface area contributed by atoms with Gasteiger partial charge in [-0.1, -0.05) is 39.8 Å². The van der Waals surface area contributed by atoms with Crippen molar-refractivity contribution in [3.8, 4) is 5.75 Å². The zero-order valence-corrected chi connectivity index (χ0v) is 20.8. The zero-order valence-electron chi connectivity index (χ0n) is 20.8. The number of H-pyrrole nitrogens is 1. The van der Waals surface area contributed by atoms with Crippen LogP contribution in [-0.2, 0) is 22.6 Å². The van der Waals surface area contributed by atoms with Crippen molar-refractivity contribution in [3.05, 3.63) is 50.7 Å². The fraction of sp³-hybridized carbons (Fsp3) is 0.500. The molecule has 0 bridgehead atoms. The van der Waals surface area contributed by atoms with Crippen LogP contribution in [0.4, 0.5) is 11.5 Å².